The predicted octanol–water partition coefficient (Wildman–Crippen LogP) is 19.6. The lowest BCUT2D eigenvalue weighted by molar-refractivity contribution is 0.0941. The minimum atomic E-state index is -0.752. The molecule has 3 aromatic heterocycles. The van der Waals surface area contributed by atoms with Crippen molar-refractivity contribution in [1.82, 2.24) is 27.4 Å². The number of benzene rings is 7. The van der Waals surface area contributed by atoms with E-state index >= 15 is 0 Å². The molecule has 15 heteroatoms. The second-order valence-corrected chi connectivity index (χ2v) is 31.2. The van der Waals surface area contributed by atoms with E-state index in [2.05, 4.69) is 95.3 Å². The maximum absolute atomic E-state index is 14.9. The van der Waals surface area contributed by atoms with Crippen molar-refractivity contribution in [3.63, 3.8) is 0 Å². The molecule has 117 heavy (non-hydrogen) atoms. The van der Waals surface area contributed by atoms with E-state index in [1.807, 2.05) is 36.4 Å². The molecule has 0 fully saturated rings. The van der Waals surface area contributed by atoms with Crippen LogP contribution in [0.4, 0.5) is 0 Å². The molecule has 3 heterocycles. The highest BCUT2D eigenvalue weighted by atomic mass is 16.2. The average molecular weight is 1570 g/mol. The highest BCUT2D eigenvalue weighted by Gasteiger charge is 2.25. The first-order chi connectivity index (χ1) is 56.8. The van der Waals surface area contributed by atoms with Crippen LogP contribution >= 0.6 is 0 Å². The van der Waals surface area contributed by atoms with Crippen LogP contribution in [0.25, 0.3) is 17.1 Å². The highest BCUT2D eigenvalue weighted by molar-refractivity contribution is 5.97. The fraction of sp³-hybridized carbons (Fsp3) is 0.382. The van der Waals surface area contributed by atoms with Gasteiger partial charge in [0.15, 0.2) is 0 Å². The van der Waals surface area contributed by atoms with Crippen molar-refractivity contribution in [2.24, 2.45) is 0 Å². The minimum absolute atomic E-state index is 0.220. The maximum Gasteiger partial charge on any atom is 0.342 e. The van der Waals surface area contributed by atoms with E-state index in [1.54, 1.807) is 130 Å². The van der Waals surface area contributed by atoms with Crippen LogP contribution in [-0.4, -0.2) is 45.1 Å². The molecule has 606 valence electrons. The van der Waals surface area contributed by atoms with Crippen molar-refractivity contribution < 1.29 is 14.4 Å². The molecule has 0 N–H and O–H groups in total. The van der Waals surface area contributed by atoms with Crippen molar-refractivity contribution in [1.29, 1.82) is 0 Å². The fourth-order valence-electron chi connectivity index (χ4n) is 15.2. The number of aromatic nitrogens is 6. The number of hydrogen-bond acceptors (Lipinski definition) is 9. The summed E-state index contributed by atoms with van der Waals surface area (Å²) < 4.78 is 6.66. The van der Waals surface area contributed by atoms with Gasteiger partial charge < -0.3 is 0 Å². The van der Waals surface area contributed by atoms with Crippen molar-refractivity contribution in [3.05, 3.63) is 327 Å². The Morgan fingerprint density at radius 2 is 0.487 bits per heavy atom. The number of unbranched alkanes of at least 4 members (excludes halogenated alkanes) is 18. The van der Waals surface area contributed by atoms with Crippen LogP contribution in [0.15, 0.2) is 193 Å². The lowest BCUT2D eigenvalue weighted by Crippen LogP contribution is -2.44. The summed E-state index contributed by atoms with van der Waals surface area (Å²) in [7, 11) is 0. The van der Waals surface area contributed by atoms with E-state index < -0.39 is 51.5 Å². The number of hydrogen-bond donors (Lipinski definition) is 0. The summed E-state index contributed by atoms with van der Waals surface area (Å²) in [6.45, 7) is 17.9. The second kappa shape index (κ2) is 43.8. The Kier molecular flexibility index (Phi) is 32.8. The summed E-state index contributed by atoms with van der Waals surface area (Å²) in [5.41, 5.74) is 8.46. The van der Waals surface area contributed by atoms with Gasteiger partial charge >= 0.3 is 17.1 Å². The molecule has 0 saturated heterocycles. The minimum Gasteiger partial charge on any atom is -0.268 e. The summed E-state index contributed by atoms with van der Waals surface area (Å²) in [6, 6.07) is 43.5. The van der Waals surface area contributed by atoms with Gasteiger partial charge in [0.25, 0.3) is 34.4 Å². The van der Waals surface area contributed by atoms with Gasteiger partial charge in [-0.25, -0.2) is 14.4 Å². The third-order valence-corrected chi connectivity index (χ3v) is 21.9. The molecule has 0 radical (unpaired) electrons. The monoisotopic (exact) mass is 1570 g/mol. The Morgan fingerprint density at radius 1 is 0.265 bits per heavy atom. The Bertz CT molecular complexity index is 5200. The van der Waals surface area contributed by atoms with E-state index in [-0.39, 0.29) is 33.4 Å². The van der Waals surface area contributed by atoms with Gasteiger partial charge in [-0.1, -0.05) is 247 Å². The van der Waals surface area contributed by atoms with Gasteiger partial charge in [0.1, 0.15) is 0 Å². The van der Waals surface area contributed by atoms with E-state index in [4.69, 9.17) is 0 Å². The van der Waals surface area contributed by atoms with Crippen LogP contribution in [0.2, 0.25) is 0 Å². The number of carbonyl (C=O) groups excluding carboxylic acids is 3. The normalized spacial score (nSPS) is 11.1. The lowest BCUT2D eigenvalue weighted by atomic mass is 9.94. The smallest absolute Gasteiger partial charge is 0.268 e. The van der Waals surface area contributed by atoms with Crippen molar-refractivity contribution in [3.8, 4) is 52.6 Å². The molecule has 0 amide bonds. The zero-order valence-electron chi connectivity index (χ0n) is 70.2. The van der Waals surface area contributed by atoms with Gasteiger partial charge in [0, 0.05) is 85.4 Å². The number of carbonyl (C=O) groups is 3. The molecular formula is C102H114N6O9. The number of rotatable bonds is 36. The SMILES string of the molecule is CCCCCCc1cc(-n2cc(C)c(=O)n(C(=O)c3ccccc3)c2=O)c(CCCCCC)cc1C#Cc1cc(C#Cc2cc(CCCCCC)c(-n3cc(C)c(=O)n(C(=O)c4ccccc4)c3=O)cc2CCCCCC)cc(C#Cc2cc(CCCCCC)c(-n3cc(C)c(=O)n(C(=O)c4ccccc4)c3=O)cc2CCCCCC)c1. The van der Waals surface area contributed by atoms with Crippen LogP contribution in [-0.2, 0) is 38.5 Å². The molecule has 0 aliphatic heterocycles. The quantitative estimate of drug-likeness (QED) is 0.0272. The Morgan fingerprint density at radius 3 is 0.709 bits per heavy atom. The summed E-state index contributed by atoms with van der Waals surface area (Å²) >= 11 is 0. The zero-order chi connectivity index (χ0) is 83.3. The number of aryl methyl sites for hydroxylation is 9. The Hall–Kier alpha value is -11.7. The topological polar surface area (TPSA) is 183 Å². The molecule has 0 saturated carbocycles. The van der Waals surface area contributed by atoms with Crippen LogP contribution in [0.1, 0.15) is 310 Å². The van der Waals surface area contributed by atoms with Gasteiger partial charge in [0.2, 0.25) is 0 Å². The van der Waals surface area contributed by atoms with Gasteiger partial charge in [-0.05, 0) is 222 Å². The largest absolute Gasteiger partial charge is 0.342 e. The summed E-state index contributed by atoms with van der Waals surface area (Å²) in [4.78, 5) is 129. The summed E-state index contributed by atoms with van der Waals surface area (Å²) in [5, 5.41) is 0. The predicted molar refractivity (Wildman–Crippen MR) is 473 cm³/mol. The van der Waals surface area contributed by atoms with E-state index in [0.29, 0.717) is 72.3 Å². The summed E-state index contributed by atoms with van der Waals surface area (Å²) in [5.74, 6) is 19.7. The standard InChI is InChI=1S/C102H114N6O9/c1-10-16-22-31-49-82-67-91(103-70-73(7)94(109)106(100(103)115)97(112)79-43-37-28-38-44-79)88(52-34-25-19-13-4)64-85(82)58-55-76-61-77(56-59-86-65-89(53-35-26-20-14-5)92(68-83(86)50-32-23-17-11-2)104-71-74(8)95(110)107(101(104)116)98(113)80-45-39-29-40-46-80)63-78(62-76)57-60-87-66-90(54-36-27-21-15-6)93(69-84(87)51-33-24-18-12-3)105-72-75(9)96(111)108(102(105)117)99(114)81-47-41-30-42-48-81/h28-30,37-48,61-72H,10-27,31-36,49-54H2,1-9H3. The molecule has 0 spiro atoms. The van der Waals surface area contributed by atoms with Gasteiger partial charge in [0.05, 0.1) is 17.1 Å². The Balaban J connectivity index is 1.22. The van der Waals surface area contributed by atoms with Crippen LogP contribution in [0.3, 0.4) is 0 Å². The lowest BCUT2D eigenvalue weighted by Gasteiger charge is -2.18. The first kappa shape index (κ1) is 87.7. The third kappa shape index (κ3) is 22.7. The number of nitrogens with zero attached hydrogens (tertiary/aromatic N) is 6. The highest BCUT2D eigenvalue weighted by Crippen LogP contribution is 2.29. The van der Waals surface area contributed by atoms with Crippen LogP contribution < -0.4 is 33.7 Å². The van der Waals surface area contributed by atoms with Gasteiger partial charge in [-0.15, -0.1) is 0 Å². The molecular weight excluding hydrogens is 1450 g/mol. The van der Waals surface area contributed by atoms with Crippen LogP contribution in [0, 0.1) is 56.3 Å². The van der Waals surface area contributed by atoms with E-state index in [0.717, 1.165) is 218 Å². The molecule has 0 unspecified atom stereocenters. The van der Waals surface area contributed by atoms with Crippen LogP contribution in [0.5, 0.6) is 0 Å². The molecule has 15 nitrogen and oxygen atoms in total. The van der Waals surface area contributed by atoms with Crippen molar-refractivity contribution in [2.45, 2.75) is 255 Å². The molecule has 0 atom stereocenters. The van der Waals surface area contributed by atoms with E-state index in [1.165, 1.54) is 13.7 Å². The molecule has 0 aliphatic carbocycles. The molecule has 7 aromatic carbocycles. The molecule has 0 bridgehead atoms. The van der Waals surface area contributed by atoms with Gasteiger partial charge in [-0.3, -0.25) is 42.5 Å². The second-order valence-electron chi connectivity index (χ2n) is 31.2. The zero-order valence-corrected chi connectivity index (χ0v) is 70.2. The molecule has 10 rings (SSSR count). The average Bonchev–Trinajstić information content (AvgIpc) is 0.773. The maximum atomic E-state index is 14.9. The fourth-order valence-corrected chi connectivity index (χ4v) is 15.2. The summed E-state index contributed by atoms with van der Waals surface area (Å²) in [6.07, 6.45) is 31.4. The first-order valence-corrected chi connectivity index (χ1v) is 42.9. The van der Waals surface area contributed by atoms with E-state index in [9.17, 15) is 43.2 Å². The molecule has 10 aromatic rings. The van der Waals surface area contributed by atoms with Crippen molar-refractivity contribution >= 4 is 17.7 Å². The Labute approximate surface area is 689 Å². The third-order valence-electron chi connectivity index (χ3n) is 21.9. The molecule has 0 aliphatic rings. The van der Waals surface area contributed by atoms with Crippen molar-refractivity contribution in [2.75, 3.05) is 0 Å². The first-order valence-electron chi connectivity index (χ1n) is 42.9. The van der Waals surface area contributed by atoms with Gasteiger partial charge in [-0.2, -0.15) is 13.7 Å².